The van der Waals surface area contributed by atoms with Gasteiger partial charge in [0, 0.05) is 31.7 Å². The lowest BCUT2D eigenvalue weighted by atomic mass is 10.1. The van der Waals surface area contributed by atoms with E-state index >= 15 is 0 Å². The highest BCUT2D eigenvalue weighted by Gasteiger charge is 2.19. The van der Waals surface area contributed by atoms with Crippen LogP contribution >= 0.6 is 0 Å². The van der Waals surface area contributed by atoms with E-state index in [2.05, 4.69) is 38.9 Å². The summed E-state index contributed by atoms with van der Waals surface area (Å²) in [6, 6.07) is 0.519. The first kappa shape index (κ1) is 12.5. The summed E-state index contributed by atoms with van der Waals surface area (Å²) in [7, 11) is 4.12. The molecule has 2 aromatic rings. The Labute approximate surface area is 114 Å². The highest BCUT2D eigenvalue weighted by molar-refractivity contribution is 5.29. The number of hydrogen-bond acceptors (Lipinski definition) is 2. The first-order valence-corrected chi connectivity index (χ1v) is 7.09. The van der Waals surface area contributed by atoms with Crippen LogP contribution in [0.25, 0.3) is 0 Å². The molecule has 0 aromatic carbocycles. The molecule has 1 aliphatic carbocycles. The average molecular weight is 258 g/mol. The molecule has 0 bridgehead atoms. The van der Waals surface area contributed by atoms with Gasteiger partial charge in [0.05, 0.1) is 18.6 Å². The molecule has 0 fully saturated rings. The number of imidazole rings is 1. The van der Waals surface area contributed by atoms with Crippen LogP contribution in [0.15, 0.2) is 24.9 Å². The highest BCUT2D eigenvalue weighted by atomic mass is 15.1. The smallest absolute Gasteiger partial charge is 0.0946 e. The van der Waals surface area contributed by atoms with Crippen LogP contribution in [0.1, 0.15) is 42.1 Å². The molecule has 102 valence electrons. The van der Waals surface area contributed by atoms with Crippen molar-refractivity contribution >= 4 is 0 Å². The second kappa shape index (κ2) is 5.21. The number of aromatic nitrogens is 3. The molecule has 0 saturated heterocycles. The van der Waals surface area contributed by atoms with Gasteiger partial charge in [-0.1, -0.05) is 6.42 Å². The standard InChI is InChI=1S/C15H22N4/c1-16-15-6-4-3-5-12-8-19(10-14(12)15)9-13-7-17-11-18(13)2/h7-8,10-11,15-16H,3-6,9H2,1-2H3. The lowest BCUT2D eigenvalue weighted by Gasteiger charge is -2.13. The molecule has 1 aliphatic rings. The minimum atomic E-state index is 0.519. The van der Waals surface area contributed by atoms with E-state index in [0.29, 0.717) is 6.04 Å². The van der Waals surface area contributed by atoms with Gasteiger partial charge in [0.15, 0.2) is 0 Å². The van der Waals surface area contributed by atoms with Crippen LogP contribution in [0.2, 0.25) is 0 Å². The number of nitrogens with one attached hydrogen (secondary N) is 1. The summed E-state index contributed by atoms with van der Waals surface area (Å²) in [6.45, 7) is 0.903. The maximum absolute atomic E-state index is 4.18. The molecular weight excluding hydrogens is 236 g/mol. The van der Waals surface area contributed by atoms with Crippen LogP contribution in [0.5, 0.6) is 0 Å². The maximum atomic E-state index is 4.18. The Morgan fingerprint density at radius 3 is 3.00 bits per heavy atom. The normalized spacial score (nSPS) is 19.2. The quantitative estimate of drug-likeness (QED) is 0.857. The van der Waals surface area contributed by atoms with Crippen LogP contribution in [0.3, 0.4) is 0 Å². The summed E-state index contributed by atoms with van der Waals surface area (Å²) in [6.07, 6.45) is 13.5. The van der Waals surface area contributed by atoms with E-state index < -0.39 is 0 Å². The molecule has 4 heteroatoms. The van der Waals surface area contributed by atoms with Gasteiger partial charge < -0.3 is 14.5 Å². The van der Waals surface area contributed by atoms with Crippen molar-refractivity contribution in [3.63, 3.8) is 0 Å². The predicted molar refractivity (Wildman–Crippen MR) is 76.1 cm³/mol. The van der Waals surface area contributed by atoms with Crippen molar-refractivity contribution in [3.05, 3.63) is 41.7 Å². The van der Waals surface area contributed by atoms with Gasteiger partial charge in [0.1, 0.15) is 0 Å². The zero-order valence-electron chi connectivity index (χ0n) is 11.8. The molecule has 0 spiro atoms. The Kier molecular flexibility index (Phi) is 3.42. The van der Waals surface area contributed by atoms with Crippen molar-refractivity contribution in [2.45, 2.75) is 38.3 Å². The van der Waals surface area contributed by atoms with E-state index in [1.807, 2.05) is 19.6 Å². The molecule has 1 N–H and O–H groups in total. The Balaban J connectivity index is 1.87. The third-order valence-electron chi connectivity index (χ3n) is 4.17. The molecule has 1 atom stereocenters. The second-order valence-corrected chi connectivity index (χ2v) is 5.49. The summed E-state index contributed by atoms with van der Waals surface area (Å²) < 4.78 is 4.39. The molecule has 3 rings (SSSR count). The molecule has 19 heavy (non-hydrogen) atoms. The van der Waals surface area contributed by atoms with Crippen LogP contribution in [-0.2, 0) is 20.0 Å². The summed E-state index contributed by atoms with van der Waals surface area (Å²) in [5.41, 5.74) is 4.24. The highest BCUT2D eigenvalue weighted by Crippen LogP contribution is 2.29. The van der Waals surface area contributed by atoms with Gasteiger partial charge in [-0.25, -0.2) is 4.98 Å². The fourth-order valence-corrected chi connectivity index (χ4v) is 3.03. The summed E-state index contributed by atoms with van der Waals surface area (Å²) in [4.78, 5) is 4.18. The topological polar surface area (TPSA) is 34.8 Å². The Bertz CT molecular complexity index is 552. The monoisotopic (exact) mass is 258 g/mol. The van der Waals surface area contributed by atoms with E-state index in [4.69, 9.17) is 0 Å². The van der Waals surface area contributed by atoms with Crippen molar-refractivity contribution in [3.8, 4) is 0 Å². The Morgan fingerprint density at radius 2 is 2.26 bits per heavy atom. The van der Waals surface area contributed by atoms with Gasteiger partial charge in [0.25, 0.3) is 0 Å². The summed E-state index contributed by atoms with van der Waals surface area (Å²) >= 11 is 0. The minimum absolute atomic E-state index is 0.519. The number of nitrogens with zero attached hydrogens (tertiary/aromatic N) is 3. The van der Waals surface area contributed by atoms with E-state index in [1.165, 1.54) is 42.5 Å². The lowest BCUT2D eigenvalue weighted by Crippen LogP contribution is -2.15. The molecule has 2 aromatic heterocycles. The Hall–Kier alpha value is -1.55. The molecule has 0 radical (unpaired) electrons. The van der Waals surface area contributed by atoms with Gasteiger partial charge >= 0.3 is 0 Å². The Morgan fingerprint density at radius 1 is 1.37 bits per heavy atom. The summed E-state index contributed by atoms with van der Waals surface area (Å²) in [5, 5.41) is 3.45. The fraction of sp³-hybridized carbons (Fsp3) is 0.533. The van der Waals surface area contributed by atoms with Crippen molar-refractivity contribution in [1.29, 1.82) is 0 Å². The second-order valence-electron chi connectivity index (χ2n) is 5.49. The third-order valence-corrected chi connectivity index (χ3v) is 4.17. The molecule has 0 saturated carbocycles. The molecule has 4 nitrogen and oxygen atoms in total. The summed E-state index contributed by atoms with van der Waals surface area (Å²) in [5.74, 6) is 0. The van der Waals surface area contributed by atoms with Crippen LogP contribution < -0.4 is 5.32 Å². The van der Waals surface area contributed by atoms with Crippen molar-refractivity contribution in [2.24, 2.45) is 7.05 Å². The maximum Gasteiger partial charge on any atom is 0.0946 e. The van der Waals surface area contributed by atoms with Gasteiger partial charge in [-0.05, 0) is 37.4 Å². The van der Waals surface area contributed by atoms with Crippen molar-refractivity contribution < 1.29 is 0 Å². The van der Waals surface area contributed by atoms with Gasteiger partial charge in [-0.15, -0.1) is 0 Å². The molecule has 0 aliphatic heterocycles. The van der Waals surface area contributed by atoms with E-state index in [9.17, 15) is 0 Å². The number of hydrogen-bond donors (Lipinski definition) is 1. The first-order valence-electron chi connectivity index (χ1n) is 7.09. The lowest BCUT2D eigenvalue weighted by molar-refractivity contribution is 0.530. The van der Waals surface area contributed by atoms with Gasteiger partial charge in [-0.2, -0.15) is 0 Å². The number of rotatable bonds is 3. The predicted octanol–water partition coefficient (Wildman–Crippen LogP) is 2.26. The molecule has 1 unspecified atom stereocenters. The van der Waals surface area contributed by atoms with Gasteiger partial charge in [-0.3, -0.25) is 0 Å². The van der Waals surface area contributed by atoms with E-state index in [1.54, 1.807) is 0 Å². The number of fused-ring (bicyclic) bond motifs is 1. The van der Waals surface area contributed by atoms with Crippen LogP contribution in [-0.4, -0.2) is 21.2 Å². The zero-order valence-corrected chi connectivity index (χ0v) is 11.8. The van der Waals surface area contributed by atoms with Crippen LogP contribution in [0, 0.1) is 0 Å². The fourth-order valence-electron chi connectivity index (χ4n) is 3.03. The molecular formula is C15H22N4. The largest absolute Gasteiger partial charge is 0.348 e. The zero-order chi connectivity index (χ0) is 13.2. The molecule has 0 amide bonds. The van der Waals surface area contributed by atoms with Crippen molar-refractivity contribution in [1.82, 2.24) is 19.4 Å². The van der Waals surface area contributed by atoms with Crippen LogP contribution in [0.4, 0.5) is 0 Å². The number of aryl methyl sites for hydroxylation is 2. The van der Waals surface area contributed by atoms with E-state index in [-0.39, 0.29) is 0 Å². The van der Waals surface area contributed by atoms with Gasteiger partial charge in [0.2, 0.25) is 0 Å². The minimum Gasteiger partial charge on any atom is -0.348 e. The van der Waals surface area contributed by atoms with Crippen molar-refractivity contribution in [2.75, 3.05) is 7.05 Å². The third kappa shape index (κ3) is 2.45. The SMILES string of the molecule is CNC1CCCCc2cn(Cc3cncn3C)cc21. The average Bonchev–Trinajstić information content (AvgIpc) is 2.93. The van der Waals surface area contributed by atoms with E-state index in [0.717, 1.165) is 6.54 Å². The first-order chi connectivity index (χ1) is 9.28. The molecule has 2 heterocycles.